The molecule has 4 fully saturated rings. The molecule has 0 radical (unpaired) electrons. The van der Waals surface area contributed by atoms with Gasteiger partial charge in [-0.25, -0.2) is 0 Å². The van der Waals surface area contributed by atoms with Crippen LogP contribution >= 0.6 is 0 Å². The van der Waals surface area contributed by atoms with Crippen LogP contribution in [0.1, 0.15) is 73.6 Å². The van der Waals surface area contributed by atoms with Crippen LogP contribution in [0.5, 0.6) is 0 Å². The fourth-order valence-electron chi connectivity index (χ4n) is 8.92. The Morgan fingerprint density at radius 1 is 0.971 bits per heavy atom. The quantitative estimate of drug-likeness (QED) is 0.563. The van der Waals surface area contributed by atoms with E-state index in [0.29, 0.717) is 19.3 Å². The molecule has 0 aromatic carbocycles. The van der Waals surface area contributed by atoms with Gasteiger partial charge in [-0.1, -0.05) is 33.8 Å². The van der Waals surface area contributed by atoms with Crippen molar-refractivity contribution in [3.05, 3.63) is 23.3 Å². The predicted octanol–water partition coefficient (Wildman–Crippen LogP) is 3.50. The van der Waals surface area contributed by atoms with Crippen molar-refractivity contribution in [2.75, 3.05) is 0 Å². The summed E-state index contributed by atoms with van der Waals surface area (Å²) in [5, 5.41) is 23.3. The van der Waals surface area contributed by atoms with E-state index in [0.717, 1.165) is 17.6 Å². The summed E-state index contributed by atoms with van der Waals surface area (Å²) in [4.78, 5) is 25.8. The summed E-state index contributed by atoms with van der Waals surface area (Å²) in [6.07, 6.45) is 4.90. The lowest BCUT2D eigenvalue weighted by Gasteiger charge is -2.64. The molecule has 1 spiro atoms. The number of carbonyl (C=O) groups is 2. The van der Waals surface area contributed by atoms with E-state index in [2.05, 4.69) is 20.8 Å². The Morgan fingerprint density at radius 3 is 2.32 bits per heavy atom. The SMILES string of the molecule is CC1C(O)C2(OC1(C)C)OC13CCC(C2C)C1(C)C(O)C=C1C3=CC(=O)C2CC(=O)CCC12C. The van der Waals surface area contributed by atoms with Crippen molar-refractivity contribution in [3.63, 3.8) is 0 Å². The van der Waals surface area contributed by atoms with Crippen LogP contribution in [0.15, 0.2) is 23.3 Å². The molecule has 6 rings (SSSR count). The average Bonchev–Trinajstić information content (AvgIpc) is 3.10. The van der Waals surface area contributed by atoms with Crippen molar-refractivity contribution in [1.82, 2.24) is 0 Å². The van der Waals surface area contributed by atoms with Gasteiger partial charge in [0.2, 0.25) is 0 Å². The van der Waals surface area contributed by atoms with Crippen molar-refractivity contribution in [3.8, 4) is 0 Å². The molecule has 10 unspecified atom stereocenters. The summed E-state index contributed by atoms with van der Waals surface area (Å²) in [7, 11) is 0. The van der Waals surface area contributed by atoms with Gasteiger partial charge in [-0.05, 0) is 56.3 Å². The Labute approximate surface area is 201 Å². The first kappa shape index (κ1) is 23.1. The van der Waals surface area contributed by atoms with E-state index in [1.54, 1.807) is 6.08 Å². The minimum Gasteiger partial charge on any atom is -0.388 e. The third-order valence-corrected chi connectivity index (χ3v) is 11.5. The van der Waals surface area contributed by atoms with Crippen LogP contribution in [-0.4, -0.2) is 51.0 Å². The fraction of sp³-hybridized carbons (Fsp3) is 0.786. The Hall–Kier alpha value is -1.34. The van der Waals surface area contributed by atoms with Gasteiger partial charge >= 0.3 is 0 Å². The number of ketones is 2. The van der Waals surface area contributed by atoms with Crippen LogP contribution in [-0.2, 0) is 19.1 Å². The van der Waals surface area contributed by atoms with E-state index >= 15 is 0 Å². The first-order valence-electron chi connectivity index (χ1n) is 13.0. The molecule has 2 saturated carbocycles. The predicted molar refractivity (Wildman–Crippen MR) is 125 cm³/mol. The molecule has 2 heterocycles. The fourth-order valence-corrected chi connectivity index (χ4v) is 8.92. The molecule has 34 heavy (non-hydrogen) atoms. The molecule has 186 valence electrons. The van der Waals surface area contributed by atoms with Crippen LogP contribution < -0.4 is 0 Å². The minimum atomic E-state index is -1.20. The number of ether oxygens (including phenoxy) is 2. The molecule has 10 atom stereocenters. The van der Waals surface area contributed by atoms with Crippen LogP contribution in [0.2, 0.25) is 0 Å². The number of fused-ring (bicyclic) bond motifs is 3. The van der Waals surface area contributed by atoms with Crippen molar-refractivity contribution in [2.24, 2.45) is 34.5 Å². The molecule has 4 aliphatic carbocycles. The largest absolute Gasteiger partial charge is 0.388 e. The van der Waals surface area contributed by atoms with Gasteiger partial charge in [0.1, 0.15) is 17.5 Å². The molecule has 0 amide bonds. The van der Waals surface area contributed by atoms with E-state index in [1.165, 1.54) is 0 Å². The smallest absolute Gasteiger partial charge is 0.199 e. The number of rotatable bonds is 0. The standard InChI is InChI=1S/C28H38O6/c1-14-17-8-10-27(34-28(14)23(32)15(2)24(3,4)33-28)19-12-21(30)20-11-16(29)7-9-25(20,5)18(19)13-22(31)26(17,27)6/h12-15,17,20,22-23,31-32H,7-11H2,1-6H3. The molecule has 0 aromatic heterocycles. The highest BCUT2D eigenvalue weighted by Crippen LogP contribution is 2.73. The third-order valence-electron chi connectivity index (χ3n) is 11.5. The summed E-state index contributed by atoms with van der Waals surface area (Å²) in [5.41, 5.74) is -0.841. The van der Waals surface area contributed by atoms with Gasteiger partial charge in [0.05, 0.1) is 11.7 Å². The molecule has 2 saturated heterocycles. The van der Waals surface area contributed by atoms with Crippen molar-refractivity contribution in [1.29, 1.82) is 0 Å². The number of hydrogen-bond acceptors (Lipinski definition) is 6. The van der Waals surface area contributed by atoms with Crippen molar-refractivity contribution in [2.45, 2.75) is 103 Å². The zero-order chi connectivity index (χ0) is 24.6. The van der Waals surface area contributed by atoms with E-state index in [1.807, 2.05) is 26.8 Å². The van der Waals surface area contributed by atoms with E-state index in [-0.39, 0.29) is 35.7 Å². The first-order valence-corrected chi connectivity index (χ1v) is 13.0. The van der Waals surface area contributed by atoms with E-state index in [4.69, 9.17) is 9.47 Å². The van der Waals surface area contributed by atoms with E-state index < -0.39 is 45.9 Å². The molecule has 6 heteroatoms. The van der Waals surface area contributed by atoms with Gasteiger partial charge < -0.3 is 19.7 Å². The maximum absolute atomic E-state index is 13.5. The number of carbonyl (C=O) groups excluding carboxylic acids is 2. The number of aliphatic hydroxyl groups is 2. The molecular formula is C28H38O6. The second kappa shape index (κ2) is 6.50. The van der Waals surface area contributed by atoms with Gasteiger partial charge in [-0.3, -0.25) is 9.59 Å². The van der Waals surface area contributed by atoms with Crippen molar-refractivity contribution >= 4 is 11.6 Å². The molecule has 6 nitrogen and oxygen atoms in total. The Morgan fingerprint density at radius 2 is 1.68 bits per heavy atom. The molecule has 6 aliphatic rings. The summed E-state index contributed by atoms with van der Waals surface area (Å²) in [5.74, 6) is -1.68. The molecule has 2 N–H and O–H groups in total. The van der Waals surface area contributed by atoms with Gasteiger partial charge in [0.25, 0.3) is 0 Å². The number of allylic oxidation sites excluding steroid dienone is 1. The lowest BCUT2D eigenvalue weighted by atomic mass is 9.48. The van der Waals surface area contributed by atoms with Crippen LogP contribution in [0, 0.1) is 34.5 Å². The topological polar surface area (TPSA) is 93.1 Å². The minimum absolute atomic E-state index is 0.0166. The van der Waals surface area contributed by atoms with Crippen molar-refractivity contribution < 1.29 is 29.3 Å². The highest BCUT2D eigenvalue weighted by Gasteiger charge is 2.78. The van der Waals surface area contributed by atoms with Crippen LogP contribution in [0.4, 0.5) is 0 Å². The highest BCUT2D eigenvalue weighted by molar-refractivity contribution is 6.00. The number of aliphatic hydroxyl groups excluding tert-OH is 2. The monoisotopic (exact) mass is 470 g/mol. The molecule has 2 bridgehead atoms. The summed E-state index contributed by atoms with van der Waals surface area (Å²) in [6.45, 7) is 12.2. The van der Waals surface area contributed by atoms with Crippen LogP contribution in [0.3, 0.4) is 0 Å². The second-order valence-corrected chi connectivity index (χ2v) is 13.0. The maximum atomic E-state index is 13.5. The zero-order valence-corrected chi connectivity index (χ0v) is 21.2. The highest BCUT2D eigenvalue weighted by atomic mass is 16.7. The molecule has 0 aromatic rings. The summed E-state index contributed by atoms with van der Waals surface area (Å²) < 4.78 is 13.8. The zero-order valence-electron chi connectivity index (χ0n) is 21.2. The lowest BCUT2D eigenvalue weighted by molar-refractivity contribution is -0.382. The van der Waals surface area contributed by atoms with Gasteiger partial charge in [0, 0.05) is 41.4 Å². The van der Waals surface area contributed by atoms with E-state index in [9.17, 15) is 19.8 Å². The van der Waals surface area contributed by atoms with Gasteiger partial charge in [-0.2, -0.15) is 0 Å². The number of hydrogen-bond donors (Lipinski definition) is 2. The Kier molecular flexibility index (Phi) is 4.41. The third kappa shape index (κ3) is 2.33. The van der Waals surface area contributed by atoms with Gasteiger partial charge in [-0.15, -0.1) is 0 Å². The lowest BCUT2D eigenvalue weighted by Crippen LogP contribution is -2.71. The second-order valence-electron chi connectivity index (χ2n) is 13.0. The van der Waals surface area contributed by atoms with Crippen LogP contribution in [0.25, 0.3) is 0 Å². The Balaban J connectivity index is 1.56. The van der Waals surface area contributed by atoms with Gasteiger partial charge in [0.15, 0.2) is 11.6 Å². The number of Topliss-reactive ketones (excluding diaryl/α,β-unsaturated/α-hetero) is 1. The molecular weight excluding hydrogens is 432 g/mol. The summed E-state index contributed by atoms with van der Waals surface area (Å²) >= 11 is 0. The Bertz CT molecular complexity index is 1060. The normalized spacial score (nSPS) is 55.4. The molecule has 2 aliphatic heterocycles. The first-order chi connectivity index (χ1) is 15.7. The maximum Gasteiger partial charge on any atom is 0.199 e. The summed E-state index contributed by atoms with van der Waals surface area (Å²) in [6, 6.07) is 0. The average molecular weight is 471 g/mol.